The van der Waals surface area contributed by atoms with Crippen LogP contribution in [0.15, 0.2) is 76.8 Å². The molecule has 0 saturated heterocycles. The Morgan fingerprint density at radius 1 is 1.08 bits per heavy atom. The molecule has 1 aliphatic heterocycles. The molecule has 0 spiro atoms. The van der Waals surface area contributed by atoms with Gasteiger partial charge in [-0.1, -0.05) is 30.1 Å². The number of rotatable bonds is 17. The molecule has 9 nitrogen and oxygen atoms in total. The van der Waals surface area contributed by atoms with E-state index in [1.165, 1.54) is 0 Å². The molecule has 1 amide bonds. The molecule has 50 heavy (non-hydrogen) atoms. The number of carbonyl (C=O) groups is 1. The minimum absolute atomic E-state index is 0.0149. The van der Waals surface area contributed by atoms with Gasteiger partial charge < -0.3 is 34.2 Å². The van der Waals surface area contributed by atoms with Crippen molar-refractivity contribution in [3.05, 3.63) is 72.3 Å². The number of aliphatic hydroxyl groups is 2. The third kappa shape index (κ3) is 7.36. The van der Waals surface area contributed by atoms with Crippen molar-refractivity contribution in [1.29, 1.82) is 0 Å². The number of unbranched alkanes of at least 4 members (excludes halogenated alkanes) is 2. The highest BCUT2D eigenvalue weighted by Gasteiger charge is 2.65. The van der Waals surface area contributed by atoms with E-state index >= 15 is 0 Å². The first kappa shape index (κ1) is 36.5. The highest BCUT2D eigenvalue weighted by atomic mass is 32.2. The first-order valence-electron chi connectivity index (χ1n) is 18.1. The number of ether oxygens (including phenoxy) is 3. The van der Waals surface area contributed by atoms with Gasteiger partial charge in [-0.25, -0.2) is 0 Å². The largest absolute Gasteiger partial charge is 0.459 e. The summed E-state index contributed by atoms with van der Waals surface area (Å²) in [6, 6.07) is 13.6. The van der Waals surface area contributed by atoms with Crippen molar-refractivity contribution in [2.24, 2.45) is 28.8 Å². The molecule has 0 radical (unpaired) electrons. The fourth-order valence-electron chi connectivity index (χ4n) is 8.45. The standard InChI is InChI=1S/C40H52N2O7S/c1-5-22-47-40-36(42(2)39(45)26-12-13-26)25-34(41-46-3)32-23-27(10-6-8-20-43)31(11-7-9-21-44)37(38(32)40)33-24-29(16-19-35(33)49-40)48-28-14-17-30(50-4)18-15-28/h5,14-19,23-24,26-27,31,36-38,43-44H,1,6-13,20-22,25H2,2-4H3/t27-,31+,36-,37+,38+,40+/m0/s1. The van der Waals surface area contributed by atoms with Crippen LogP contribution in [-0.4, -0.2) is 78.8 Å². The monoisotopic (exact) mass is 704 g/mol. The first-order chi connectivity index (χ1) is 24.4. The molecular weight excluding hydrogens is 653 g/mol. The summed E-state index contributed by atoms with van der Waals surface area (Å²) in [6.45, 7) is 4.51. The second kappa shape index (κ2) is 16.4. The van der Waals surface area contributed by atoms with Gasteiger partial charge in [0.1, 0.15) is 30.4 Å². The van der Waals surface area contributed by atoms with Crippen molar-refractivity contribution in [3.63, 3.8) is 0 Å². The number of fused-ring (bicyclic) bond motifs is 2. The van der Waals surface area contributed by atoms with Crippen LogP contribution in [0.25, 0.3) is 0 Å². The van der Waals surface area contributed by atoms with Crippen molar-refractivity contribution in [1.82, 2.24) is 4.90 Å². The van der Waals surface area contributed by atoms with E-state index in [2.05, 4.69) is 42.3 Å². The number of aliphatic hydroxyl groups excluding tert-OH is 2. The first-order valence-corrected chi connectivity index (χ1v) is 19.3. The van der Waals surface area contributed by atoms with Crippen LogP contribution < -0.4 is 9.47 Å². The Morgan fingerprint density at radius 3 is 2.46 bits per heavy atom. The number of nitrogens with zero attached hydrogens (tertiary/aromatic N) is 2. The van der Waals surface area contributed by atoms with Gasteiger partial charge in [0, 0.05) is 49.0 Å². The predicted octanol–water partition coefficient (Wildman–Crippen LogP) is 7.33. The molecule has 0 aromatic heterocycles. The zero-order valence-corrected chi connectivity index (χ0v) is 30.4. The lowest BCUT2D eigenvalue weighted by Gasteiger charge is -2.59. The van der Waals surface area contributed by atoms with Crippen molar-refractivity contribution in [3.8, 4) is 17.2 Å². The van der Waals surface area contributed by atoms with Crippen LogP contribution in [0.1, 0.15) is 69.3 Å². The lowest BCUT2D eigenvalue weighted by Crippen LogP contribution is -2.69. The van der Waals surface area contributed by atoms with Gasteiger partial charge in [-0.05, 0) is 105 Å². The molecule has 0 unspecified atom stereocenters. The Balaban J connectivity index is 1.53. The van der Waals surface area contributed by atoms with E-state index in [1.54, 1.807) is 24.9 Å². The third-order valence-electron chi connectivity index (χ3n) is 10.9. The SMILES string of the molecule is C=CCO[C@@]12Oc3ccc(Oc4ccc(SC)cc4)cc3[C@H]3[C@H](CCCCO)[C@@H](CCCCO)C=C(C(=NOC)C[C@@H]1N(C)C(=O)C1CC1)[C@H]32. The fourth-order valence-corrected chi connectivity index (χ4v) is 8.86. The normalized spacial score (nSPS) is 27.4. The van der Waals surface area contributed by atoms with Crippen molar-refractivity contribution in [2.45, 2.75) is 80.4 Å². The van der Waals surface area contributed by atoms with Gasteiger partial charge in [0.05, 0.1) is 18.2 Å². The summed E-state index contributed by atoms with van der Waals surface area (Å²) in [7, 11) is 3.44. The van der Waals surface area contributed by atoms with Gasteiger partial charge in [-0.3, -0.25) is 4.79 Å². The number of amides is 1. The predicted molar refractivity (Wildman–Crippen MR) is 196 cm³/mol. The third-order valence-corrected chi connectivity index (χ3v) is 11.6. The lowest BCUT2D eigenvalue weighted by molar-refractivity contribution is -0.255. The highest BCUT2D eigenvalue weighted by Crippen LogP contribution is 2.62. The van der Waals surface area contributed by atoms with E-state index in [9.17, 15) is 15.0 Å². The summed E-state index contributed by atoms with van der Waals surface area (Å²) in [5.41, 5.74) is 2.86. The van der Waals surface area contributed by atoms with Gasteiger partial charge in [0.15, 0.2) is 0 Å². The molecule has 2 aromatic carbocycles. The van der Waals surface area contributed by atoms with E-state index in [-0.39, 0.29) is 55.3 Å². The Kier molecular flexibility index (Phi) is 11.9. The molecule has 6 rings (SSSR count). The Morgan fingerprint density at radius 2 is 1.80 bits per heavy atom. The summed E-state index contributed by atoms with van der Waals surface area (Å²) < 4.78 is 20.5. The van der Waals surface area contributed by atoms with Crippen molar-refractivity contribution >= 4 is 23.4 Å². The quantitative estimate of drug-likeness (QED) is 0.0763. The maximum atomic E-state index is 13.8. The van der Waals surface area contributed by atoms with Crippen LogP contribution in [0, 0.1) is 23.7 Å². The zero-order chi connectivity index (χ0) is 35.3. The average Bonchev–Trinajstić information content (AvgIpc) is 3.98. The second-order valence-corrected chi connectivity index (χ2v) is 14.8. The Labute approximate surface area is 300 Å². The molecule has 3 aliphatic carbocycles. The van der Waals surface area contributed by atoms with Crippen LogP contribution >= 0.6 is 11.8 Å². The number of hydrogen-bond acceptors (Lipinski definition) is 9. The van der Waals surface area contributed by atoms with E-state index < -0.39 is 11.8 Å². The van der Waals surface area contributed by atoms with Crippen LogP contribution in [0.4, 0.5) is 0 Å². The maximum Gasteiger partial charge on any atom is 0.239 e. The van der Waals surface area contributed by atoms with E-state index in [0.717, 1.165) is 72.4 Å². The summed E-state index contributed by atoms with van der Waals surface area (Å²) in [5, 5.41) is 24.1. The topological polar surface area (TPSA) is 110 Å². The average molecular weight is 705 g/mol. The van der Waals surface area contributed by atoms with Crippen molar-refractivity contribution < 1.29 is 34.1 Å². The van der Waals surface area contributed by atoms with Crippen LogP contribution in [0.3, 0.4) is 0 Å². The molecule has 2 fully saturated rings. The van der Waals surface area contributed by atoms with Gasteiger partial charge in [-0.2, -0.15) is 0 Å². The maximum absolute atomic E-state index is 13.8. The molecule has 2 aromatic rings. The number of benzene rings is 2. The van der Waals surface area contributed by atoms with Gasteiger partial charge >= 0.3 is 0 Å². The fraction of sp³-hybridized carbons (Fsp3) is 0.550. The van der Waals surface area contributed by atoms with E-state index in [1.807, 2.05) is 36.2 Å². The zero-order valence-electron chi connectivity index (χ0n) is 29.6. The molecule has 270 valence electrons. The summed E-state index contributed by atoms with van der Waals surface area (Å²) in [5.74, 6) is 1.00. The Bertz CT molecular complexity index is 1560. The van der Waals surface area contributed by atoms with E-state index in [4.69, 9.17) is 19.0 Å². The molecule has 10 heteroatoms. The Hall–Kier alpha value is -3.31. The van der Waals surface area contributed by atoms with Gasteiger partial charge in [0.2, 0.25) is 11.7 Å². The van der Waals surface area contributed by atoms with Crippen molar-refractivity contribution in [2.75, 3.05) is 40.2 Å². The number of carbonyl (C=O) groups excluding carboxylic acids is 1. The highest BCUT2D eigenvalue weighted by molar-refractivity contribution is 7.98. The number of oxime groups is 1. The minimum atomic E-state index is -1.22. The summed E-state index contributed by atoms with van der Waals surface area (Å²) >= 11 is 1.69. The van der Waals surface area contributed by atoms with Gasteiger partial charge in [-0.15, -0.1) is 18.3 Å². The molecule has 2 saturated carbocycles. The molecule has 6 atom stereocenters. The smallest absolute Gasteiger partial charge is 0.239 e. The second-order valence-electron chi connectivity index (χ2n) is 14.0. The number of thioether (sulfide) groups is 1. The minimum Gasteiger partial charge on any atom is -0.459 e. The summed E-state index contributed by atoms with van der Waals surface area (Å²) in [4.78, 5) is 22.3. The molecule has 4 aliphatic rings. The number of hydrogen-bond donors (Lipinski definition) is 2. The van der Waals surface area contributed by atoms with Gasteiger partial charge in [0.25, 0.3) is 0 Å². The number of likely N-dealkylation sites (N-methyl/N-ethyl adjacent to an activating group) is 1. The van der Waals surface area contributed by atoms with Crippen LogP contribution in [0.5, 0.6) is 17.2 Å². The van der Waals surface area contributed by atoms with Crippen LogP contribution in [-0.2, 0) is 14.4 Å². The van der Waals surface area contributed by atoms with E-state index in [0.29, 0.717) is 24.3 Å². The summed E-state index contributed by atoms with van der Waals surface area (Å²) in [6.07, 6.45) is 13.3. The lowest BCUT2D eigenvalue weighted by atomic mass is 9.55. The van der Waals surface area contributed by atoms with Crippen LogP contribution in [0.2, 0.25) is 0 Å². The number of allylic oxidation sites excluding steroid dienone is 1. The molecule has 1 heterocycles. The molecule has 2 N–H and O–H groups in total. The molecular formula is C40H52N2O7S. The molecule has 0 bridgehead atoms.